The Morgan fingerprint density at radius 3 is 2.62 bits per heavy atom. The molecule has 4 nitrogen and oxygen atoms in total. The molecular formula is C16H26N2O2S. The third kappa shape index (κ3) is 5.77. The summed E-state index contributed by atoms with van der Waals surface area (Å²) >= 11 is 0. The minimum absolute atomic E-state index is 0.0612. The van der Waals surface area contributed by atoms with Crippen LogP contribution in [-0.2, 0) is 22.3 Å². The highest BCUT2D eigenvalue weighted by Crippen LogP contribution is 2.34. The second-order valence-corrected chi connectivity index (χ2v) is 7.77. The molecule has 0 aromatic heterocycles. The highest BCUT2D eigenvalue weighted by atomic mass is 32.2. The van der Waals surface area contributed by atoms with Gasteiger partial charge in [-0.3, -0.25) is 0 Å². The van der Waals surface area contributed by atoms with Crippen molar-refractivity contribution >= 4 is 10.0 Å². The van der Waals surface area contributed by atoms with Crippen LogP contribution in [0.1, 0.15) is 43.7 Å². The van der Waals surface area contributed by atoms with Gasteiger partial charge in [0.15, 0.2) is 0 Å². The van der Waals surface area contributed by atoms with Crippen molar-refractivity contribution in [1.82, 2.24) is 10.0 Å². The molecule has 1 aromatic rings. The predicted octanol–water partition coefficient (Wildman–Crippen LogP) is 2.40. The first-order chi connectivity index (χ1) is 10.0. The number of rotatable bonds is 9. The molecule has 0 heterocycles. The molecule has 1 saturated carbocycles. The Hall–Kier alpha value is -0.910. The van der Waals surface area contributed by atoms with Crippen molar-refractivity contribution < 1.29 is 8.42 Å². The Balaban J connectivity index is 1.97. The van der Waals surface area contributed by atoms with Gasteiger partial charge >= 0.3 is 0 Å². The molecule has 1 aliphatic rings. The van der Waals surface area contributed by atoms with Crippen LogP contribution < -0.4 is 10.0 Å². The molecule has 1 unspecified atom stereocenters. The molecule has 2 rings (SSSR count). The highest BCUT2D eigenvalue weighted by Gasteiger charge is 2.27. The SMILES string of the molecule is CCC(CC1CC1)NS(=O)(=O)Cc1cccc(CNC)c1. The average molecular weight is 310 g/mol. The van der Waals surface area contributed by atoms with Crippen molar-refractivity contribution in [3.05, 3.63) is 35.4 Å². The van der Waals surface area contributed by atoms with Gasteiger partial charge in [0.25, 0.3) is 0 Å². The van der Waals surface area contributed by atoms with Gasteiger partial charge in [-0.2, -0.15) is 0 Å². The van der Waals surface area contributed by atoms with E-state index in [0.29, 0.717) is 0 Å². The lowest BCUT2D eigenvalue weighted by Gasteiger charge is -2.17. The topological polar surface area (TPSA) is 58.2 Å². The molecule has 118 valence electrons. The average Bonchev–Trinajstić information content (AvgIpc) is 3.22. The number of nitrogens with one attached hydrogen (secondary N) is 2. The molecule has 1 fully saturated rings. The molecule has 0 spiro atoms. The number of hydrogen-bond acceptors (Lipinski definition) is 3. The molecule has 2 N–H and O–H groups in total. The summed E-state index contributed by atoms with van der Waals surface area (Å²) < 4.78 is 27.5. The fraction of sp³-hybridized carbons (Fsp3) is 0.625. The van der Waals surface area contributed by atoms with Crippen LogP contribution in [0, 0.1) is 5.92 Å². The third-order valence-electron chi connectivity index (χ3n) is 3.88. The fourth-order valence-electron chi connectivity index (χ4n) is 2.60. The summed E-state index contributed by atoms with van der Waals surface area (Å²) in [6.07, 6.45) is 4.35. The number of sulfonamides is 1. The zero-order valence-corrected chi connectivity index (χ0v) is 13.7. The first-order valence-corrected chi connectivity index (χ1v) is 9.40. The van der Waals surface area contributed by atoms with Crippen molar-refractivity contribution in [3.8, 4) is 0 Å². The smallest absolute Gasteiger partial charge is 0.216 e. The molecule has 21 heavy (non-hydrogen) atoms. The van der Waals surface area contributed by atoms with Crippen molar-refractivity contribution in [1.29, 1.82) is 0 Å². The molecule has 0 aliphatic heterocycles. The molecule has 0 saturated heterocycles. The maximum Gasteiger partial charge on any atom is 0.216 e. The molecule has 5 heteroatoms. The molecule has 0 amide bonds. The second kappa shape index (κ2) is 7.38. The van der Waals surface area contributed by atoms with Crippen molar-refractivity contribution in [2.45, 2.75) is 50.9 Å². The van der Waals surface area contributed by atoms with E-state index in [2.05, 4.69) is 10.0 Å². The minimum atomic E-state index is -3.27. The van der Waals surface area contributed by atoms with E-state index in [1.807, 2.05) is 38.2 Å². The van der Waals surface area contributed by atoms with Crippen molar-refractivity contribution in [2.24, 2.45) is 5.92 Å². The van der Waals surface area contributed by atoms with Crippen LogP contribution in [0.5, 0.6) is 0 Å². The lowest BCUT2D eigenvalue weighted by molar-refractivity contribution is 0.495. The van der Waals surface area contributed by atoms with Gasteiger partial charge in [0, 0.05) is 12.6 Å². The number of benzene rings is 1. The Bertz CT molecular complexity index is 553. The van der Waals surface area contributed by atoms with Crippen LogP contribution in [-0.4, -0.2) is 21.5 Å². The van der Waals surface area contributed by atoms with Gasteiger partial charge in [-0.05, 0) is 36.9 Å². The van der Waals surface area contributed by atoms with Crippen LogP contribution in [0.4, 0.5) is 0 Å². The molecular weight excluding hydrogens is 284 g/mol. The van der Waals surface area contributed by atoms with Gasteiger partial charge in [-0.1, -0.05) is 44.0 Å². The molecule has 1 aliphatic carbocycles. The summed E-state index contributed by atoms with van der Waals surface area (Å²) in [5.41, 5.74) is 1.95. The van der Waals surface area contributed by atoms with E-state index in [0.717, 1.165) is 36.4 Å². The lowest BCUT2D eigenvalue weighted by Crippen LogP contribution is -2.35. The van der Waals surface area contributed by atoms with E-state index < -0.39 is 10.0 Å². The van der Waals surface area contributed by atoms with E-state index in [1.54, 1.807) is 0 Å². The van der Waals surface area contributed by atoms with Crippen LogP contribution >= 0.6 is 0 Å². The normalized spacial score (nSPS) is 16.9. The lowest BCUT2D eigenvalue weighted by atomic mass is 10.1. The Morgan fingerprint density at radius 1 is 1.29 bits per heavy atom. The molecule has 0 radical (unpaired) electrons. The van der Waals surface area contributed by atoms with Crippen LogP contribution in [0.3, 0.4) is 0 Å². The molecule has 1 atom stereocenters. The van der Waals surface area contributed by atoms with Crippen molar-refractivity contribution in [2.75, 3.05) is 7.05 Å². The van der Waals surface area contributed by atoms with Gasteiger partial charge in [-0.25, -0.2) is 13.1 Å². The van der Waals surface area contributed by atoms with Gasteiger partial charge in [0.05, 0.1) is 5.75 Å². The molecule has 1 aromatic carbocycles. The van der Waals surface area contributed by atoms with E-state index in [1.165, 1.54) is 12.8 Å². The zero-order chi connectivity index (χ0) is 15.3. The predicted molar refractivity (Wildman–Crippen MR) is 86.4 cm³/mol. The quantitative estimate of drug-likeness (QED) is 0.736. The van der Waals surface area contributed by atoms with Crippen LogP contribution in [0.2, 0.25) is 0 Å². The van der Waals surface area contributed by atoms with Gasteiger partial charge in [0.2, 0.25) is 10.0 Å². The standard InChI is InChI=1S/C16H26N2O2S/c1-3-16(10-13-7-8-13)18-21(19,20)12-15-6-4-5-14(9-15)11-17-2/h4-6,9,13,16-18H,3,7-8,10-12H2,1-2H3. The third-order valence-corrected chi connectivity index (χ3v) is 5.29. The fourth-order valence-corrected chi connectivity index (χ4v) is 4.08. The van der Waals surface area contributed by atoms with Gasteiger partial charge in [0.1, 0.15) is 0 Å². The van der Waals surface area contributed by atoms with E-state index >= 15 is 0 Å². The van der Waals surface area contributed by atoms with Crippen LogP contribution in [0.25, 0.3) is 0 Å². The summed E-state index contributed by atoms with van der Waals surface area (Å²) in [6.45, 7) is 2.80. The highest BCUT2D eigenvalue weighted by molar-refractivity contribution is 7.88. The zero-order valence-electron chi connectivity index (χ0n) is 12.9. The van der Waals surface area contributed by atoms with E-state index in [4.69, 9.17) is 0 Å². The molecule has 0 bridgehead atoms. The largest absolute Gasteiger partial charge is 0.316 e. The minimum Gasteiger partial charge on any atom is -0.316 e. The Morgan fingerprint density at radius 2 is 2.00 bits per heavy atom. The summed E-state index contributed by atoms with van der Waals surface area (Å²) in [6, 6.07) is 7.83. The van der Waals surface area contributed by atoms with E-state index in [9.17, 15) is 8.42 Å². The Kier molecular flexibility index (Phi) is 5.79. The Labute approximate surface area is 128 Å². The second-order valence-electron chi connectivity index (χ2n) is 6.01. The van der Waals surface area contributed by atoms with Crippen molar-refractivity contribution in [3.63, 3.8) is 0 Å². The maximum atomic E-state index is 12.3. The maximum absolute atomic E-state index is 12.3. The van der Waals surface area contributed by atoms with Gasteiger partial charge in [-0.15, -0.1) is 0 Å². The van der Waals surface area contributed by atoms with Crippen LogP contribution in [0.15, 0.2) is 24.3 Å². The summed E-state index contributed by atoms with van der Waals surface area (Å²) in [5.74, 6) is 0.794. The number of hydrogen-bond donors (Lipinski definition) is 2. The van der Waals surface area contributed by atoms with E-state index in [-0.39, 0.29) is 11.8 Å². The summed E-state index contributed by atoms with van der Waals surface area (Å²) in [5, 5.41) is 3.08. The van der Waals surface area contributed by atoms with Gasteiger partial charge < -0.3 is 5.32 Å². The monoisotopic (exact) mass is 310 g/mol. The first-order valence-electron chi connectivity index (χ1n) is 7.75. The summed E-state index contributed by atoms with van der Waals surface area (Å²) in [4.78, 5) is 0. The summed E-state index contributed by atoms with van der Waals surface area (Å²) in [7, 11) is -1.38. The first kappa shape index (κ1) is 16.5.